The van der Waals surface area contributed by atoms with Gasteiger partial charge in [0.15, 0.2) is 13.9 Å². The van der Waals surface area contributed by atoms with Gasteiger partial charge in [-0.1, -0.05) is 200 Å². The Bertz CT molecular complexity index is 2700. The minimum absolute atomic E-state index is 0.707. The highest BCUT2D eigenvalue weighted by Crippen LogP contribution is 2.36. The van der Waals surface area contributed by atoms with E-state index in [-0.39, 0.29) is 0 Å². The van der Waals surface area contributed by atoms with Gasteiger partial charge in [0.1, 0.15) is 0 Å². The van der Waals surface area contributed by atoms with E-state index in [4.69, 9.17) is 9.97 Å². The van der Waals surface area contributed by atoms with Gasteiger partial charge in [0.25, 0.3) is 0 Å². The maximum atomic E-state index is 5.13. The van der Waals surface area contributed by atoms with Gasteiger partial charge in [0, 0.05) is 16.7 Å². The Morgan fingerprint density at radius 3 is 1.31 bits per heavy atom. The molecule has 0 N–H and O–H groups in total. The van der Waals surface area contributed by atoms with Crippen LogP contribution in [0.2, 0.25) is 0 Å². The molecule has 3 heteroatoms. The Labute approximate surface area is 323 Å². The standard InChI is InChI=1S/C52H36N2Si/c1-5-18-37(19-6-1)48-36-49(38-20-7-2-8-21-38)54-52(53-48)42-25-16-23-40(35-42)39-22-15-24-41(34-39)45-31-17-32-47-46-30-13-14-33-50(46)55(51(45)47,43-26-9-3-10-27-43)44-28-11-4-12-29-44/h1-36H. The molecule has 0 saturated heterocycles. The van der Waals surface area contributed by atoms with Crippen molar-refractivity contribution in [2.75, 3.05) is 0 Å². The van der Waals surface area contributed by atoms with Crippen LogP contribution < -0.4 is 20.7 Å². The van der Waals surface area contributed by atoms with Crippen LogP contribution in [0.25, 0.3) is 67.3 Å². The second-order valence-electron chi connectivity index (χ2n) is 14.1. The highest BCUT2D eigenvalue weighted by Gasteiger charge is 2.49. The third-order valence-electron chi connectivity index (χ3n) is 11.0. The van der Waals surface area contributed by atoms with Crippen LogP contribution in [0.1, 0.15) is 0 Å². The molecular weight excluding hydrogens is 681 g/mol. The summed E-state index contributed by atoms with van der Waals surface area (Å²) in [7, 11) is -2.69. The lowest BCUT2D eigenvalue weighted by Gasteiger charge is -2.33. The van der Waals surface area contributed by atoms with E-state index in [2.05, 4.69) is 206 Å². The van der Waals surface area contributed by atoms with E-state index in [1.807, 2.05) is 12.1 Å². The van der Waals surface area contributed by atoms with Crippen LogP contribution in [0.3, 0.4) is 0 Å². The summed E-state index contributed by atoms with van der Waals surface area (Å²) in [4.78, 5) is 10.3. The Kier molecular flexibility index (Phi) is 8.20. The zero-order chi connectivity index (χ0) is 36.6. The fraction of sp³-hybridized carbons (Fsp3) is 0. The molecule has 2 heterocycles. The summed E-state index contributed by atoms with van der Waals surface area (Å²) in [5, 5.41) is 5.71. The van der Waals surface area contributed by atoms with Crippen molar-refractivity contribution in [1.29, 1.82) is 0 Å². The van der Waals surface area contributed by atoms with E-state index < -0.39 is 8.07 Å². The number of nitrogens with zero attached hydrogens (tertiary/aromatic N) is 2. The van der Waals surface area contributed by atoms with Crippen LogP contribution in [-0.4, -0.2) is 18.0 Å². The van der Waals surface area contributed by atoms with Crippen molar-refractivity contribution in [3.8, 4) is 67.3 Å². The lowest BCUT2D eigenvalue weighted by molar-refractivity contribution is 1.18. The molecule has 1 aromatic heterocycles. The highest BCUT2D eigenvalue weighted by atomic mass is 28.3. The van der Waals surface area contributed by atoms with Crippen molar-refractivity contribution in [3.63, 3.8) is 0 Å². The molecule has 0 aliphatic carbocycles. The molecule has 0 saturated carbocycles. The summed E-state index contributed by atoms with van der Waals surface area (Å²) in [6.07, 6.45) is 0. The Hall–Kier alpha value is -6.94. The van der Waals surface area contributed by atoms with Crippen molar-refractivity contribution in [3.05, 3.63) is 218 Å². The van der Waals surface area contributed by atoms with Gasteiger partial charge in [-0.3, -0.25) is 0 Å². The third kappa shape index (κ3) is 5.65. The van der Waals surface area contributed by atoms with Gasteiger partial charge in [0.05, 0.1) is 11.4 Å². The van der Waals surface area contributed by atoms with Crippen LogP contribution in [-0.2, 0) is 0 Å². The first-order valence-corrected chi connectivity index (χ1v) is 20.8. The van der Waals surface area contributed by atoms with Gasteiger partial charge in [-0.15, -0.1) is 0 Å². The molecule has 1 aliphatic rings. The number of hydrogen-bond acceptors (Lipinski definition) is 2. The van der Waals surface area contributed by atoms with Gasteiger partial charge in [0.2, 0.25) is 0 Å². The fourth-order valence-corrected chi connectivity index (χ4v) is 13.9. The molecule has 2 nitrogen and oxygen atoms in total. The van der Waals surface area contributed by atoms with Crippen molar-refractivity contribution in [2.45, 2.75) is 0 Å². The molecule has 55 heavy (non-hydrogen) atoms. The lowest BCUT2D eigenvalue weighted by Crippen LogP contribution is -2.73. The number of benzene rings is 8. The number of rotatable bonds is 7. The quantitative estimate of drug-likeness (QED) is 0.154. The van der Waals surface area contributed by atoms with Crippen molar-refractivity contribution in [2.24, 2.45) is 0 Å². The van der Waals surface area contributed by atoms with Gasteiger partial charge < -0.3 is 0 Å². The molecule has 258 valence electrons. The molecule has 9 aromatic rings. The first kappa shape index (κ1) is 32.7. The molecule has 0 bridgehead atoms. The maximum Gasteiger partial charge on any atom is 0.181 e. The molecule has 0 spiro atoms. The number of aromatic nitrogens is 2. The van der Waals surface area contributed by atoms with Crippen LogP contribution in [0.4, 0.5) is 0 Å². The van der Waals surface area contributed by atoms with Crippen molar-refractivity contribution in [1.82, 2.24) is 9.97 Å². The first-order chi connectivity index (χ1) is 27.3. The highest BCUT2D eigenvalue weighted by molar-refractivity contribution is 7.22. The largest absolute Gasteiger partial charge is 0.228 e. The molecule has 0 atom stereocenters. The zero-order valence-corrected chi connectivity index (χ0v) is 31.2. The Morgan fingerprint density at radius 2 is 0.709 bits per heavy atom. The van der Waals surface area contributed by atoms with E-state index >= 15 is 0 Å². The Morgan fingerprint density at radius 1 is 0.291 bits per heavy atom. The normalized spacial score (nSPS) is 12.5. The van der Waals surface area contributed by atoms with E-state index in [9.17, 15) is 0 Å². The minimum atomic E-state index is -2.69. The second kappa shape index (κ2) is 13.8. The summed E-state index contributed by atoms with van der Waals surface area (Å²) < 4.78 is 0. The zero-order valence-electron chi connectivity index (χ0n) is 30.2. The van der Waals surface area contributed by atoms with Gasteiger partial charge in [-0.05, 0) is 72.3 Å². The summed E-state index contributed by atoms with van der Waals surface area (Å²) in [5.74, 6) is 0.707. The van der Waals surface area contributed by atoms with E-state index in [0.717, 1.165) is 39.2 Å². The monoisotopic (exact) mass is 716 g/mol. The molecule has 8 aromatic carbocycles. The molecule has 0 unspecified atom stereocenters. The summed E-state index contributed by atoms with van der Waals surface area (Å²) in [5.41, 5.74) is 12.4. The third-order valence-corrected chi connectivity index (χ3v) is 15.9. The SMILES string of the molecule is c1ccc(-c2cc(-c3ccccc3)nc(-c3cccc(-c4cccc(-c5cccc6c5[Si](c5ccccc5)(c5ccccc5)c5ccccc5-6)c4)c3)n2)cc1. The number of hydrogen-bond donors (Lipinski definition) is 0. The van der Waals surface area contributed by atoms with Crippen molar-refractivity contribution < 1.29 is 0 Å². The fourth-order valence-electron chi connectivity index (χ4n) is 8.54. The average Bonchev–Trinajstić information content (AvgIpc) is 3.59. The smallest absolute Gasteiger partial charge is 0.181 e. The molecular formula is C52H36N2Si. The van der Waals surface area contributed by atoms with Crippen LogP contribution in [0.5, 0.6) is 0 Å². The number of fused-ring (bicyclic) bond motifs is 3. The summed E-state index contributed by atoms with van der Waals surface area (Å²) in [6, 6.07) is 79.0. The van der Waals surface area contributed by atoms with E-state index in [0.29, 0.717) is 5.82 Å². The van der Waals surface area contributed by atoms with Gasteiger partial charge in [-0.25, -0.2) is 9.97 Å². The molecule has 0 amide bonds. The minimum Gasteiger partial charge on any atom is -0.228 e. The first-order valence-electron chi connectivity index (χ1n) is 18.8. The van der Waals surface area contributed by atoms with E-state index in [1.165, 1.54) is 43.0 Å². The van der Waals surface area contributed by atoms with Crippen LogP contribution in [0, 0.1) is 0 Å². The average molecular weight is 717 g/mol. The summed E-state index contributed by atoms with van der Waals surface area (Å²) >= 11 is 0. The van der Waals surface area contributed by atoms with Crippen molar-refractivity contribution >= 4 is 28.8 Å². The summed E-state index contributed by atoms with van der Waals surface area (Å²) in [6.45, 7) is 0. The van der Waals surface area contributed by atoms with Crippen LogP contribution in [0.15, 0.2) is 218 Å². The molecule has 10 rings (SSSR count). The predicted molar refractivity (Wildman–Crippen MR) is 232 cm³/mol. The second-order valence-corrected chi connectivity index (χ2v) is 17.8. The van der Waals surface area contributed by atoms with Gasteiger partial charge >= 0.3 is 0 Å². The molecule has 1 aliphatic heterocycles. The van der Waals surface area contributed by atoms with Gasteiger partial charge in [-0.2, -0.15) is 0 Å². The predicted octanol–water partition coefficient (Wildman–Crippen LogP) is 10.2. The van der Waals surface area contributed by atoms with E-state index in [1.54, 1.807) is 0 Å². The topological polar surface area (TPSA) is 25.8 Å². The maximum absolute atomic E-state index is 5.13. The molecule has 0 fully saturated rings. The van der Waals surface area contributed by atoms with Crippen LogP contribution >= 0.6 is 0 Å². The molecule has 0 radical (unpaired) electrons. The Balaban J connectivity index is 1.13. The lowest BCUT2D eigenvalue weighted by atomic mass is 9.95.